The van der Waals surface area contributed by atoms with Crippen LogP contribution in [0.15, 0.2) is 0 Å². The highest BCUT2D eigenvalue weighted by Gasteiger charge is 2.21. The molecule has 0 aliphatic rings. The molecule has 0 rings (SSSR count). The Kier molecular flexibility index (Phi) is 31.6. The first kappa shape index (κ1) is 43.9. The van der Waals surface area contributed by atoms with E-state index in [0.717, 1.165) is 0 Å². The predicted octanol–water partition coefficient (Wildman–Crippen LogP) is 0.412. The Bertz CT molecular complexity index is 703. The van der Waals surface area contributed by atoms with Crippen molar-refractivity contribution in [1.29, 1.82) is 0 Å². The number of nitrogens with one attached hydrogen (secondary N) is 3. The van der Waals surface area contributed by atoms with Gasteiger partial charge in [0.05, 0.1) is 27.4 Å². The van der Waals surface area contributed by atoms with Crippen LogP contribution in [0.4, 0.5) is 14.4 Å². The third kappa shape index (κ3) is 26.4. The van der Waals surface area contributed by atoms with Crippen LogP contribution >= 0.6 is 23.5 Å². The quantitative estimate of drug-likeness (QED) is 0.107. The van der Waals surface area contributed by atoms with E-state index in [9.17, 15) is 28.8 Å². The van der Waals surface area contributed by atoms with Crippen LogP contribution in [0.5, 0.6) is 0 Å². The van der Waals surface area contributed by atoms with E-state index in [-0.39, 0.29) is 27.2 Å². The molecule has 0 aromatic heterocycles. The summed E-state index contributed by atoms with van der Waals surface area (Å²) in [4.78, 5) is 63.7. The molecule has 3 atom stereocenters. The van der Waals surface area contributed by atoms with Gasteiger partial charge in [-0.05, 0) is 12.5 Å². The number of alkyl carbamates (subject to hydrolysis) is 3. The van der Waals surface area contributed by atoms with Gasteiger partial charge in [-0.3, -0.25) is 0 Å². The highest BCUT2D eigenvalue weighted by Crippen LogP contribution is 1.98. The van der Waals surface area contributed by atoms with E-state index in [2.05, 4.69) is 39.6 Å². The molecule has 17 nitrogen and oxygen atoms in total. The Labute approximate surface area is 241 Å². The van der Waals surface area contributed by atoms with E-state index >= 15 is 0 Å². The lowest BCUT2D eigenvalue weighted by molar-refractivity contribution is -0.141. The monoisotopic (exact) mass is 623 g/mol. The van der Waals surface area contributed by atoms with Crippen LogP contribution in [0.3, 0.4) is 0 Å². The zero-order valence-corrected chi connectivity index (χ0v) is 24.0. The van der Waals surface area contributed by atoms with Gasteiger partial charge >= 0.3 is 36.2 Å². The second-order valence-electron chi connectivity index (χ2n) is 6.58. The minimum atomic E-state index is -1.18. The second kappa shape index (κ2) is 28.8. The molecule has 0 aliphatic heterocycles. The maximum Gasteiger partial charge on any atom is 0.408 e. The number of carboxylic acid groups (broad SMARTS) is 3. The predicted molar refractivity (Wildman–Crippen MR) is 147 cm³/mol. The Balaban J connectivity index is -0.000000242. The first-order valence-electron chi connectivity index (χ1n) is 10.6. The molecule has 0 saturated carbocycles. The number of hydrogen-bond acceptors (Lipinski definition) is 13. The number of methoxy groups -OCH3 is 4. The van der Waals surface area contributed by atoms with Crippen molar-refractivity contribution in [3.8, 4) is 0 Å². The van der Waals surface area contributed by atoms with E-state index in [4.69, 9.17) is 15.3 Å². The molecule has 3 amide bonds. The lowest BCUT2D eigenvalue weighted by atomic mass is 10.3. The average Bonchev–Trinajstić information content (AvgIpc) is 2.88. The molecule has 236 valence electrons. The van der Waals surface area contributed by atoms with Crippen LogP contribution in [-0.4, -0.2) is 142 Å². The fourth-order valence-corrected chi connectivity index (χ4v) is 2.95. The van der Waals surface area contributed by atoms with E-state index in [1.165, 1.54) is 52.0 Å². The summed E-state index contributed by atoms with van der Waals surface area (Å²) in [6.45, 7) is 0.214. The maximum absolute atomic E-state index is 11.0. The van der Waals surface area contributed by atoms with Gasteiger partial charge in [-0.2, -0.15) is 23.5 Å². The molecule has 0 aliphatic carbocycles. The molecule has 0 radical (unpaired) electrons. The van der Waals surface area contributed by atoms with Crippen LogP contribution in [0.25, 0.3) is 0 Å². The molecule has 0 fully saturated rings. The summed E-state index contributed by atoms with van der Waals surface area (Å²) in [5, 5.41) is 32.3. The molecule has 0 aromatic rings. The second-order valence-corrected chi connectivity index (χ2v) is 8.40. The van der Waals surface area contributed by atoms with Crippen molar-refractivity contribution in [2.45, 2.75) is 25.6 Å². The van der Waals surface area contributed by atoms with Crippen molar-refractivity contribution in [3.63, 3.8) is 0 Å². The number of thioether (sulfide) groups is 2. The number of rotatable bonds is 15. The molecular weight excluding hydrogens is 582 g/mol. The van der Waals surface area contributed by atoms with Crippen LogP contribution in [-0.2, 0) is 38.1 Å². The summed E-state index contributed by atoms with van der Waals surface area (Å²) in [6, 6.07) is -2.87. The molecule has 40 heavy (non-hydrogen) atoms. The number of carboxylic acids is 3. The van der Waals surface area contributed by atoms with Gasteiger partial charge in [-0.25, -0.2) is 28.8 Å². The first-order chi connectivity index (χ1) is 18.3. The summed E-state index contributed by atoms with van der Waals surface area (Å²) in [5.74, 6) is -2.65. The van der Waals surface area contributed by atoms with Crippen LogP contribution < -0.4 is 16.0 Å². The fourth-order valence-electron chi connectivity index (χ4n) is 1.83. The highest BCUT2D eigenvalue weighted by atomic mass is 32.2. The van der Waals surface area contributed by atoms with Crippen molar-refractivity contribution in [1.82, 2.24) is 16.0 Å². The van der Waals surface area contributed by atoms with Gasteiger partial charge in [0, 0.05) is 25.7 Å². The summed E-state index contributed by atoms with van der Waals surface area (Å²) >= 11 is 2.68. The van der Waals surface area contributed by atoms with Crippen LogP contribution in [0, 0.1) is 0 Å². The third-order valence-electron chi connectivity index (χ3n) is 3.66. The minimum absolute atomic E-state index is 0. The molecule has 0 aromatic carbocycles. The fraction of sp³-hybridized carbons (Fsp3) is 0.714. The minimum Gasteiger partial charge on any atom is -0.480 e. The standard InChI is InChI=1S/C8H15NO6.2C6H11NO4S.CH4/c1-13-3-4-15-8(12)9-6(5-14-2)7(10)11;2*1-11-6(10)7-4(3-12-2)5(8)9;/h6H,3-5H2,1-2H3,(H,9,12)(H,10,11);2*4H,3H2,1-2H3,(H,7,10)(H,8,9);1H4. The van der Waals surface area contributed by atoms with E-state index in [1.54, 1.807) is 12.5 Å². The van der Waals surface area contributed by atoms with Crippen molar-refractivity contribution in [2.75, 3.05) is 72.3 Å². The zero-order valence-electron chi connectivity index (χ0n) is 22.4. The van der Waals surface area contributed by atoms with Gasteiger partial charge in [0.15, 0.2) is 6.04 Å². The van der Waals surface area contributed by atoms with Crippen LogP contribution in [0.1, 0.15) is 7.43 Å². The Hall–Kier alpha value is -3.16. The normalized spacial score (nSPS) is 11.6. The summed E-state index contributed by atoms with van der Waals surface area (Å²) in [6.07, 6.45) is 1.26. The maximum atomic E-state index is 11.0. The number of aliphatic carboxylic acids is 3. The molecule has 0 spiro atoms. The Morgan fingerprint density at radius 1 is 0.625 bits per heavy atom. The molecule has 0 saturated heterocycles. The van der Waals surface area contributed by atoms with Gasteiger partial charge in [-0.15, -0.1) is 0 Å². The Morgan fingerprint density at radius 3 is 1.27 bits per heavy atom. The average molecular weight is 624 g/mol. The molecule has 6 N–H and O–H groups in total. The molecule has 19 heteroatoms. The van der Waals surface area contributed by atoms with Gasteiger partial charge in [0.2, 0.25) is 0 Å². The summed E-state index contributed by atoms with van der Waals surface area (Å²) < 4.78 is 22.4. The topological polar surface area (TPSA) is 245 Å². The third-order valence-corrected chi connectivity index (χ3v) is 5.00. The number of hydrogen-bond donors (Lipinski definition) is 6. The molecule has 3 unspecified atom stereocenters. The highest BCUT2D eigenvalue weighted by molar-refractivity contribution is 7.98. The largest absolute Gasteiger partial charge is 0.480 e. The number of carbonyl (C=O) groups excluding carboxylic acids is 3. The van der Waals surface area contributed by atoms with Gasteiger partial charge in [0.1, 0.15) is 18.7 Å². The van der Waals surface area contributed by atoms with Gasteiger partial charge in [0.25, 0.3) is 0 Å². The zero-order chi connectivity index (χ0) is 30.8. The van der Waals surface area contributed by atoms with Gasteiger partial charge < -0.3 is 55.0 Å². The summed E-state index contributed by atoms with van der Waals surface area (Å²) in [7, 11) is 5.18. The number of carbonyl (C=O) groups is 6. The van der Waals surface area contributed by atoms with Crippen LogP contribution in [0.2, 0.25) is 0 Å². The molecule has 0 bridgehead atoms. The van der Waals surface area contributed by atoms with Gasteiger partial charge in [-0.1, -0.05) is 7.43 Å². The Morgan fingerprint density at radius 2 is 1.00 bits per heavy atom. The van der Waals surface area contributed by atoms with Crippen molar-refractivity contribution in [2.24, 2.45) is 0 Å². The van der Waals surface area contributed by atoms with E-state index in [0.29, 0.717) is 11.5 Å². The lowest BCUT2D eigenvalue weighted by Crippen LogP contribution is -2.44. The number of amides is 3. The van der Waals surface area contributed by atoms with Crippen molar-refractivity contribution >= 4 is 59.7 Å². The first-order valence-corrected chi connectivity index (χ1v) is 13.4. The molecular formula is C21H41N3O14S2. The smallest absolute Gasteiger partial charge is 0.408 e. The number of ether oxygens (including phenoxy) is 5. The van der Waals surface area contributed by atoms with Crippen molar-refractivity contribution < 1.29 is 67.8 Å². The molecule has 0 heterocycles. The van der Waals surface area contributed by atoms with E-state index < -0.39 is 54.3 Å². The summed E-state index contributed by atoms with van der Waals surface area (Å²) in [5.41, 5.74) is 0. The lowest BCUT2D eigenvalue weighted by Gasteiger charge is -2.13. The SMILES string of the molecule is C.COC(=O)NC(CSC)C(=O)O.COC(=O)NC(CSC)C(=O)O.COCCOC(=O)NC(COC)C(=O)O. The van der Waals surface area contributed by atoms with Crippen molar-refractivity contribution in [3.05, 3.63) is 0 Å². The van der Waals surface area contributed by atoms with E-state index in [1.807, 2.05) is 0 Å².